The van der Waals surface area contributed by atoms with Gasteiger partial charge in [-0.3, -0.25) is 4.79 Å². The lowest BCUT2D eigenvalue weighted by atomic mass is 9.69. The van der Waals surface area contributed by atoms with E-state index in [4.69, 9.17) is 9.47 Å². The molecule has 0 amide bonds. The average molecular weight is 316 g/mol. The highest BCUT2D eigenvalue weighted by Gasteiger charge is 2.62. The third-order valence-corrected chi connectivity index (χ3v) is 7.84. The second-order valence-corrected chi connectivity index (χ2v) is 8.99. The molecule has 4 saturated carbocycles. The summed E-state index contributed by atoms with van der Waals surface area (Å²) in [5.74, 6) is 4.75. The third-order valence-electron chi connectivity index (χ3n) is 7.84. The molecule has 5 aliphatic carbocycles. The van der Waals surface area contributed by atoms with Crippen molar-refractivity contribution in [3.05, 3.63) is 12.2 Å². The minimum atomic E-state index is -0.0601. The number of fused-ring (bicyclic) bond motifs is 9. The number of ether oxygens (including phenoxy) is 2. The smallest absolute Gasteiger partial charge is 0.311 e. The Morgan fingerprint density at radius 2 is 1.83 bits per heavy atom. The van der Waals surface area contributed by atoms with Gasteiger partial charge in [0, 0.05) is 0 Å². The van der Waals surface area contributed by atoms with E-state index in [9.17, 15) is 4.79 Å². The molecule has 126 valence electrons. The molecule has 7 atom stereocenters. The summed E-state index contributed by atoms with van der Waals surface area (Å²) in [5.41, 5.74) is -0.0601. The molecule has 4 fully saturated rings. The van der Waals surface area contributed by atoms with Crippen LogP contribution in [-0.2, 0) is 14.3 Å². The van der Waals surface area contributed by atoms with Gasteiger partial charge in [-0.15, -0.1) is 0 Å². The molecule has 23 heavy (non-hydrogen) atoms. The van der Waals surface area contributed by atoms with Crippen LogP contribution in [0, 0.1) is 41.4 Å². The number of hydrogen-bond acceptors (Lipinski definition) is 3. The molecule has 0 aromatic rings. The van der Waals surface area contributed by atoms with Crippen LogP contribution in [0.25, 0.3) is 0 Å². The Morgan fingerprint density at radius 1 is 1.09 bits per heavy atom. The van der Waals surface area contributed by atoms with Crippen molar-refractivity contribution in [3.8, 4) is 0 Å². The molecule has 7 unspecified atom stereocenters. The predicted octanol–water partition coefficient (Wildman–Crippen LogP) is 3.93. The minimum absolute atomic E-state index is 0.0179. The Hall–Kier alpha value is -0.830. The van der Waals surface area contributed by atoms with Crippen LogP contribution in [0.2, 0.25) is 0 Å². The van der Waals surface area contributed by atoms with Crippen molar-refractivity contribution in [3.63, 3.8) is 0 Å². The van der Waals surface area contributed by atoms with Crippen molar-refractivity contribution >= 4 is 5.97 Å². The quantitative estimate of drug-likeness (QED) is 0.341. The summed E-state index contributed by atoms with van der Waals surface area (Å²) in [5, 5.41) is 0. The first kappa shape index (κ1) is 14.5. The van der Waals surface area contributed by atoms with Crippen molar-refractivity contribution in [2.75, 3.05) is 6.79 Å². The summed E-state index contributed by atoms with van der Waals surface area (Å²) in [6.07, 6.45) is 13.2. The van der Waals surface area contributed by atoms with Gasteiger partial charge in [-0.1, -0.05) is 25.0 Å². The fourth-order valence-corrected chi connectivity index (χ4v) is 6.89. The Balaban J connectivity index is 1.19. The molecule has 0 N–H and O–H groups in total. The van der Waals surface area contributed by atoms with Gasteiger partial charge in [0.15, 0.2) is 6.79 Å². The van der Waals surface area contributed by atoms with Crippen LogP contribution in [0.15, 0.2) is 12.2 Å². The summed E-state index contributed by atoms with van der Waals surface area (Å²) >= 11 is 0. The summed E-state index contributed by atoms with van der Waals surface area (Å²) in [4.78, 5) is 12.6. The van der Waals surface area contributed by atoms with Crippen LogP contribution in [0.5, 0.6) is 0 Å². The van der Waals surface area contributed by atoms with Crippen LogP contribution in [0.4, 0.5) is 0 Å². The molecule has 0 heterocycles. The zero-order valence-electron chi connectivity index (χ0n) is 14.1. The van der Waals surface area contributed by atoms with E-state index < -0.39 is 0 Å². The Bertz CT molecular complexity index is 533. The van der Waals surface area contributed by atoms with E-state index in [1.54, 1.807) is 0 Å². The van der Waals surface area contributed by atoms with E-state index in [1.165, 1.54) is 25.7 Å². The molecule has 5 aliphatic rings. The van der Waals surface area contributed by atoms with Gasteiger partial charge in [0.2, 0.25) is 0 Å². The first-order valence-electron chi connectivity index (χ1n) is 9.63. The molecule has 3 heteroatoms. The monoisotopic (exact) mass is 316 g/mol. The highest BCUT2D eigenvalue weighted by atomic mass is 16.7. The normalized spacial score (nSPS) is 48.1. The lowest BCUT2D eigenvalue weighted by molar-refractivity contribution is -0.177. The molecule has 0 aromatic carbocycles. The van der Waals surface area contributed by atoms with Crippen LogP contribution in [-0.4, -0.2) is 18.4 Å². The summed E-state index contributed by atoms with van der Waals surface area (Å²) in [6.45, 7) is 2.31. The number of carbonyl (C=O) groups excluding carboxylic acids is 1. The molecule has 0 saturated heterocycles. The lowest BCUT2D eigenvalue weighted by Crippen LogP contribution is -2.36. The van der Waals surface area contributed by atoms with Crippen molar-refractivity contribution in [1.29, 1.82) is 0 Å². The second kappa shape index (κ2) is 5.08. The number of carbonyl (C=O) groups is 1. The molecule has 4 bridgehead atoms. The van der Waals surface area contributed by atoms with Crippen molar-refractivity contribution in [2.45, 2.75) is 57.5 Å². The molecule has 3 nitrogen and oxygen atoms in total. The summed E-state index contributed by atoms with van der Waals surface area (Å²) < 4.78 is 11.4. The minimum Gasteiger partial charge on any atom is -0.438 e. The Kier molecular flexibility index (Phi) is 3.21. The highest BCUT2D eigenvalue weighted by molar-refractivity contribution is 5.73. The maximum Gasteiger partial charge on any atom is 0.311 e. The topological polar surface area (TPSA) is 35.5 Å². The maximum atomic E-state index is 12.6. The first-order chi connectivity index (χ1) is 11.1. The maximum absolute atomic E-state index is 12.6. The molecule has 0 aromatic heterocycles. The summed E-state index contributed by atoms with van der Waals surface area (Å²) in [6, 6.07) is 0. The van der Waals surface area contributed by atoms with E-state index >= 15 is 0 Å². The number of esters is 1. The van der Waals surface area contributed by atoms with Crippen molar-refractivity contribution < 1.29 is 14.3 Å². The predicted molar refractivity (Wildman–Crippen MR) is 86.3 cm³/mol. The molecule has 0 radical (unpaired) electrons. The van der Waals surface area contributed by atoms with Crippen LogP contribution in [0.3, 0.4) is 0 Å². The number of allylic oxidation sites excluding steroid dienone is 2. The SMILES string of the molecule is CC1(OCOC(=O)C2CC3CC2C2C4C=CC(C4)C32)CCCC1. The van der Waals surface area contributed by atoms with Gasteiger partial charge in [0.25, 0.3) is 0 Å². The van der Waals surface area contributed by atoms with Crippen LogP contribution in [0.1, 0.15) is 51.9 Å². The first-order valence-corrected chi connectivity index (χ1v) is 9.63. The average Bonchev–Trinajstić information content (AvgIpc) is 3.32. The number of hydrogen-bond donors (Lipinski definition) is 0. The van der Waals surface area contributed by atoms with Gasteiger partial charge in [0.05, 0.1) is 11.5 Å². The van der Waals surface area contributed by atoms with E-state index in [0.717, 1.165) is 48.9 Å². The van der Waals surface area contributed by atoms with Crippen molar-refractivity contribution in [2.24, 2.45) is 41.4 Å². The van der Waals surface area contributed by atoms with Crippen LogP contribution < -0.4 is 0 Å². The van der Waals surface area contributed by atoms with Crippen molar-refractivity contribution in [1.82, 2.24) is 0 Å². The largest absolute Gasteiger partial charge is 0.438 e. The molecule has 0 spiro atoms. The van der Waals surface area contributed by atoms with E-state index in [0.29, 0.717) is 5.92 Å². The van der Waals surface area contributed by atoms with Crippen LogP contribution >= 0.6 is 0 Å². The van der Waals surface area contributed by atoms with Gasteiger partial charge >= 0.3 is 5.97 Å². The number of rotatable bonds is 4. The molecular weight excluding hydrogens is 288 g/mol. The van der Waals surface area contributed by atoms with Gasteiger partial charge in [0.1, 0.15) is 0 Å². The zero-order valence-corrected chi connectivity index (χ0v) is 14.1. The van der Waals surface area contributed by atoms with Gasteiger partial charge in [-0.2, -0.15) is 0 Å². The highest BCUT2D eigenvalue weighted by Crippen LogP contribution is 2.67. The van der Waals surface area contributed by atoms with E-state index in [1.807, 2.05) is 0 Å². The summed E-state index contributed by atoms with van der Waals surface area (Å²) in [7, 11) is 0. The lowest BCUT2D eigenvalue weighted by Gasteiger charge is -2.35. The van der Waals surface area contributed by atoms with Gasteiger partial charge < -0.3 is 9.47 Å². The standard InChI is InChI=1S/C20H28O3/c1-20(6-2-3-7-20)23-11-22-19(21)16-10-14-9-15(16)18-13-5-4-12(8-13)17(14)18/h4-5,12-18H,2-3,6-11H2,1H3. The third kappa shape index (κ3) is 2.15. The fourth-order valence-electron chi connectivity index (χ4n) is 6.89. The molecular formula is C20H28O3. The molecule has 5 rings (SSSR count). The van der Waals surface area contributed by atoms with E-state index in [-0.39, 0.29) is 24.3 Å². The van der Waals surface area contributed by atoms with Gasteiger partial charge in [-0.05, 0) is 74.5 Å². The Labute approximate surface area is 138 Å². The zero-order chi connectivity index (χ0) is 15.6. The second-order valence-electron chi connectivity index (χ2n) is 8.99. The Morgan fingerprint density at radius 3 is 2.61 bits per heavy atom. The van der Waals surface area contributed by atoms with Gasteiger partial charge in [-0.25, -0.2) is 0 Å². The van der Waals surface area contributed by atoms with E-state index in [2.05, 4.69) is 19.1 Å². The fraction of sp³-hybridized carbons (Fsp3) is 0.850. The molecule has 0 aliphatic heterocycles.